The van der Waals surface area contributed by atoms with E-state index in [1.807, 2.05) is 4.72 Å². The van der Waals surface area contributed by atoms with Crippen LogP contribution in [0.5, 0.6) is 5.75 Å². The number of benzene rings is 1. The van der Waals surface area contributed by atoms with Crippen molar-refractivity contribution in [1.29, 1.82) is 5.26 Å². The van der Waals surface area contributed by atoms with E-state index in [2.05, 4.69) is 6.07 Å². The Bertz CT molecular complexity index is 996. The molecular formula is C20H23ClFN3O4S. The minimum Gasteiger partial charge on any atom is -0.490 e. The average molecular weight is 456 g/mol. The summed E-state index contributed by atoms with van der Waals surface area (Å²) >= 11 is 6.19. The maximum Gasteiger partial charge on any atom is 0.301 e. The van der Waals surface area contributed by atoms with Gasteiger partial charge in [-0.3, -0.25) is 4.79 Å². The van der Waals surface area contributed by atoms with E-state index in [4.69, 9.17) is 16.3 Å². The molecule has 0 saturated heterocycles. The number of nitrogens with one attached hydrogen (secondary N) is 2. The van der Waals surface area contributed by atoms with Gasteiger partial charge < -0.3 is 4.74 Å². The number of carbonyl (C=O) groups excluding carboxylic acids is 1. The number of hydrogen-bond donors (Lipinski definition) is 2. The maximum atomic E-state index is 14.5. The van der Waals surface area contributed by atoms with Gasteiger partial charge in [-0.25, -0.2) is 13.8 Å². The SMILES string of the molecule is CNS(=O)(=O)NC(=O)c1cc(Cl)c(OCC2(C#N)C3CC4CC(C3)CC2C4)cc1F. The lowest BCUT2D eigenvalue weighted by Gasteiger charge is -2.58. The summed E-state index contributed by atoms with van der Waals surface area (Å²) in [6.45, 7) is 0.122. The van der Waals surface area contributed by atoms with Gasteiger partial charge in [-0.15, -0.1) is 0 Å². The summed E-state index contributed by atoms with van der Waals surface area (Å²) in [6.07, 6.45) is 5.39. The van der Waals surface area contributed by atoms with E-state index in [0.717, 1.165) is 44.9 Å². The molecule has 0 radical (unpaired) electrons. The van der Waals surface area contributed by atoms with E-state index < -0.39 is 32.9 Å². The first-order chi connectivity index (χ1) is 14.2. The molecule has 0 heterocycles. The van der Waals surface area contributed by atoms with Crippen molar-refractivity contribution in [2.75, 3.05) is 13.7 Å². The molecule has 30 heavy (non-hydrogen) atoms. The van der Waals surface area contributed by atoms with Crippen LogP contribution in [-0.4, -0.2) is 28.0 Å². The minimum absolute atomic E-state index is 0.0275. The Balaban J connectivity index is 1.52. The Morgan fingerprint density at radius 3 is 2.40 bits per heavy atom. The van der Waals surface area contributed by atoms with E-state index in [9.17, 15) is 22.9 Å². The first-order valence-corrected chi connectivity index (χ1v) is 11.8. The zero-order valence-electron chi connectivity index (χ0n) is 16.5. The van der Waals surface area contributed by atoms with E-state index in [0.29, 0.717) is 11.8 Å². The fourth-order valence-electron chi connectivity index (χ4n) is 5.71. The lowest BCUT2D eigenvalue weighted by molar-refractivity contribution is -0.0942. The number of amides is 1. The molecule has 0 aromatic heterocycles. The van der Waals surface area contributed by atoms with Gasteiger partial charge in [0.2, 0.25) is 0 Å². The van der Waals surface area contributed by atoms with E-state index in [1.165, 1.54) is 6.42 Å². The fraction of sp³-hybridized carbons (Fsp3) is 0.600. The molecule has 1 aromatic rings. The monoisotopic (exact) mass is 455 g/mol. The van der Waals surface area contributed by atoms with Crippen molar-refractivity contribution < 1.29 is 22.3 Å². The van der Waals surface area contributed by atoms with Gasteiger partial charge in [-0.2, -0.15) is 13.7 Å². The summed E-state index contributed by atoms with van der Waals surface area (Å²) in [5.41, 5.74) is -1.12. The zero-order valence-corrected chi connectivity index (χ0v) is 18.0. The first-order valence-electron chi connectivity index (χ1n) is 9.96. The summed E-state index contributed by atoms with van der Waals surface area (Å²) in [4.78, 5) is 12.1. The van der Waals surface area contributed by atoms with Crippen LogP contribution in [0, 0.1) is 46.2 Å². The molecule has 2 N–H and O–H groups in total. The Hall–Kier alpha value is -1.89. The molecule has 0 aliphatic heterocycles. The van der Waals surface area contributed by atoms with Crippen LogP contribution >= 0.6 is 11.6 Å². The van der Waals surface area contributed by atoms with Gasteiger partial charge in [0.25, 0.3) is 5.91 Å². The van der Waals surface area contributed by atoms with Crippen LogP contribution in [0.25, 0.3) is 0 Å². The highest BCUT2D eigenvalue weighted by molar-refractivity contribution is 7.88. The molecule has 1 aromatic carbocycles. The molecule has 10 heteroatoms. The van der Waals surface area contributed by atoms with Gasteiger partial charge >= 0.3 is 10.2 Å². The molecule has 0 unspecified atom stereocenters. The first kappa shape index (κ1) is 21.3. The molecule has 7 nitrogen and oxygen atoms in total. The Labute approximate surface area is 180 Å². The Morgan fingerprint density at radius 2 is 1.87 bits per heavy atom. The third-order valence-electron chi connectivity index (χ3n) is 7.03. The van der Waals surface area contributed by atoms with E-state index in [1.54, 1.807) is 4.72 Å². The van der Waals surface area contributed by atoms with Crippen molar-refractivity contribution >= 4 is 27.7 Å². The summed E-state index contributed by atoms with van der Waals surface area (Å²) in [6, 6.07) is 4.52. The predicted octanol–water partition coefficient (Wildman–Crippen LogP) is 3.02. The third-order valence-corrected chi connectivity index (χ3v) is 8.32. The maximum absolute atomic E-state index is 14.5. The summed E-state index contributed by atoms with van der Waals surface area (Å²) in [5.74, 6) is -0.133. The van der Waals surface area contributed by atoms with Gasteiger partial charge in [0.15, 0.2) is 0 Å². The second-order valence-electron chi connectivity index (χ2n) is 8.65. The number of hydrogen-bond acceptors (Lipinski definition) is 5. The van der Waals surface area contributed by atoms with Crippen molar-refractivity contribution in [1.82, 2.24) is 9.44 Å². The van der Waals surface area contributed by atoms with Crippen LogP contribution in [0.15, 0.2) is 12.1 Å². The molecular weight excluding hydrogens is 433 g/mol. The highest BCUT2D eigenvalue weighted by Crippen LogP contribution is 2.62. The molecule has 4 saturated carbocycles. The van der Waals surface area contributed by atoms with Crippen molar-refractivity contribution in [2.45, 2.75) is 32.1 Å². The number of rotatable bonds is 6. The molecule has 4 aliphatic rings. The van der Waals surface area contributed by atoms with Crippen LogP contribution in [0.1, 0.15) is 42.5 Å². The largest absolute Gasteiger partial charge is 0.490 e. The molecule has 4 fully saturated rings. The second kappa shape index (κ2) is 7.66. The zero-order chi connectivity index (χ0) is 21.7. The van der Waals surface area contributed by atoms with Crippen molar-refractivity contribution in [3.05, 3.63) is 28.5 Å². The molecule has 4 bridgehead atoms. The molecule has 0 atom stereocenters. The predicted molar refractivity (Wildman–Crippen MR) is 107 cm³/mol. The van der Waals surface area contributed by atoms with Crippen LogP contribution < -0.4 is 14.2 Å². The minimum atomic E-state index is -4.08. The molecule has 1 amide bonds. The fourth-order valence-corrected chi connectivity index (χ4v) is 6.39. The lowest BCUT2D eigenvalue weighted by Crippen LogP contribution is -2.54. The quantitative estimate of drug-likeness (QED) is 0.685. The van der Waals surface area contributed by atoms with E-state index >= 15 is 0 Å². The van der Waals surface area contributed by atoms with Gasteiger partial charge in [0.1, 0.15) is 18.2 Å². The summed E-state index contributed by atoms with van der Waals surface area (Å²) in [5, 5.41) is 10.0. The highest BCUT2D eigenvalue weighted by atomic mass is 35.5. The van der Waals surface area contributed by atoms with Gasteiger partial charge in [0.05, 0.1) is 22.1 Å². The van der Waals surface area contributed by atoms with Crippen LogP contribution in [0.3, 0.4) is 0 Å². The molecule has 4 aliphatic carbocycles. The topological polar surface area (TPSA) is 108 Å². The Kier molecular flexibility index (Phi) is 5.45. The molecule has 0 spiro atoms. The molecule has 162 valence electrons. The smallest absolute Gasteiger partial charge is 0.301 e. The molecule has 5 rings (SSSR count). The standard InChI is InChI=1S/C20H23ClFN3O4S/c1-24-30(27,28)25-19(26)15-7-16(21)18(8-17(15)22)29-10-20(9-23)13-3-11-2-12(5-13)6-14(20)4-11/h7-8,11-14,24H,2-6,10H2,1H3,(H,25,26). The third kappa shape index (κ3) is 3.66. The van der Waals surface area contributed by atoms with Gasteiger partial charge in [-0.05, 0) is 61.8 Å². The summed E-state index contributed by atoms with van der Waals surface area (Å²) < 4.78 is 46.9. The van der Waals surface area contributed by atoms with Crippen LogP contribution in [-0.2, 0) is 10.2 Å². The highest BCUT2D eigenvalue weighted by Gasteiger charge is 2.58. The number of carbonyl (C=O) groups is 1. The average Bonchev–Trinajstić information content (AvgIpc) is 2.69. The normalized spacial score (nSPS) is 31.9. The van der Waals surface area contributed by atoms with E-state index in [-0.39, 0.29) is 29.2 Å². The number of halogens is 2. The van der Waals surface area contributed by atoms with Crippen LogP contribution in [0.2, 0.25) is 5.02 Å². The Morgan fingerprint density at radius 1 is 1.27 bits per heavy atom. The number of nitrogens with zero attached hydrogens (tertiary/aromatic N) is 1. The van der Waals surface area contributed by atoms with Crippen molar-refractivity contribution in [3.8, 4) is 11.8 Å². The van der Waals surface area contributed by atoms with Gasteiger partial charge in [0, 0.05) is 13.1 Å². The number of ether oxygens (including phenoxy) is 1. The van der Waals surface area contributed by atoms with Crippen molar-refractivity contribution in [3.63, 3.8) is 0 Å². The van der Waals surface area contributed by atoms with Gasteiger partial charge in [-0.1, -0.05) is 11.6 Å². The summed E-state index contributed by atoms with van der Waals surface area (Å²) in [7, 11) is -2.96. The number of nitriles is 1. The van der Waals surface area contributed by atoms with Crippen LogP contribution in [0.4, 0.5) is 4.39 Å². The lowest BCUT2D eigenvalue weighted by atomic mass is 9.46. The second-order valence-corrected chi connectivity index (χ2v) is 10.7. The van der Waals surface area contributed by atoms with Crippen molar-refractivity contribution in [2.24, 2.45) is 29.1 Å².